The topological polar surface area (TPSA) is 110 Å². The van der Waals surface area contributed by atoms with Crippen molar-refractivity contribution in [2.45, 2.75) is 11.5 Å². The Morgan fingerprint density at radius 3 is 2.35 bits per heavy atom. The molecule has 1 N–H and O–H groups in total. The summed E-state index contributed by atoms with van der Waals surface area (Å²) in [6, 6.07) is 0.269. The van der Waals surface area contributed by atoms with Crippen LogP contribution in [0.15, 0.2) is 15.9 Å². The van der Waals surface area contributed by atoms with Gasteiger partial charge in [-0.15, -0.1) is 0 Å². The lowest BCUT2D eigenvalue weighted by Crippen LogP contribution is -2.18. The average Bonchev–Trinajstić information content (AvgIpc) is 2.13. The first-order valence-corrected chi connectivity index (χ1v) is 6.10. The third-order valence-corrected chi connectivity index (χ3v) is 2.95. The van der Waals surface area contributed by atoms with Crippen LogP contribution >= 0.6 is 10.7 Å². The van der Waals surface area contributed by atoms with Crippen molar-refractivity contribution in [3.05, 3.63) is 32.1 Å². The molecular formula is C6H3ClF2N2O5S. The van der Waals surface area contributed by atoms with Crippen molar-refractivity contribution in [3.63, 3.8) is 0 Å². The normalized spacial score (nSPS) is 11.8. The van der Waals surface area contributed by atoms with E-state index in [0.29, 0.717) is 0 Å². The predicted molar refractivity (Wildman–Crippen MR) is 51.7 cm³/mol. The van der Waals surface area contributed by atoms with Crippen LogP contribution in [0, 0.1) is 10.1 Å². The predicted octanol–water partition coefficient (Wildman–Crippen LogP) is 1.15. The maximum Gasteiger partial charge on any atom is 0.286 e. The van der Waals surface area contributed by atoms with Crippen molar-refractivity contribution in [1.29, 1.82) is 0 Å². The molecule has 11 heteroatoms. The molecular weight excluding hydrogens is 286 g/mol. The Balaban J connectivity index is 3.71. The molecule has 0 saturated heterocycles. The largest absolute Gasteiger partial charge is 0.311 e. The van der Waals surface area contributed by atoms with Crippen LogP contribution in [-0.4, -0.2) is 18.3 Å². The Kier molecular flexibility index (Phi) is 3.48. The SMILES string of the molecule is O=c1[nH]c(S(=O)(=O)Cl)cc([N+](=O)[O-])c1C(F)F. The van der Waals surface area contributed by atoms with Crippen LogP contribution in [0.4, 0.5) is 14.5 Å². The van der Waals surface area contributed by atoms with Crippen molar-refractivity contribution >= 4 is 25.4 Å². The van der Waals surface area contributed by atoms with Gasteiger partial charge in [0.15, 0.2) is 10.6 Å². The molecule has 0 bridgehead atoms. The number of alkyl halides is 2. The number of rotatable bonds is 3. The summed E-state index contributed by atoms with van der Waals surface area (Å²) >= 11 is 0. The molecule has 17 heavy (non-hydrogen) atoms. The molecule has 0 radical (unpaired) electrons. The van der Waals surface area contributed by atoms with E-state index in [1.54, 1.807) is 0 Å². The van der Waals surface area contributed by atoms with E-state index in [1.807, 2.05) is 0 Å². The number of hydrogen-bond donors (Lipinski definition) is 1. The van der Waals surface area contributed by atoms with Gasteiger partial charge in [-0.3, -0.25) is 14.9 Å². The quantitative estimate of drug-likeness (QED) is 0.509. The summed E-state index contributed by atoms with van der Waals surface area (Å²) in [7, 11) is 0.375. The van der Waals surface area contributed by atoms with Crippen LogP contribution in [0.5, 0.6) is 0 Å². The molecule has 0 amide bonds. The highest BCUT2D eigenvalue weighted by atomic mass is 35.7. The smallest absolute Gasteiger partial charge is 0.286 e. The van der Waals surface area contributed by atoms with Gasteiger partial charge in [0.05, 0.1) is 11.0 Å². The van der Waals surface area contributed by atoms with Gasteiger partial charge >= 0.3 is 0 Å². The Hall–Kier alpha value is -1.55. The summed E-state index contributed by atoms with van der Waals surface area (Å²) in [5.41, 5.74) is -4.30. The monoisotopic (exact) mass is 288 g/mol. The molecule has 1 aromatic rings. The molecule has 94 valence electrons. The number of nitrogens with zero attached hydrogens (tertiary/aromatic N) is 1. The van der Waals surface area contributed by atoms with E-state index in [4.69, 9.17) is 10.7 Å². The van der Waals surface area contributed by atoms with Crippen molar-refractivity contribution in [3.8, 4) is 0 Å². The van der Waals surface area contributed by atoms with Gasteiger partial charge in [0.1, 0.15) is 0 Å². The molecule has 7 nitrogen and oxygen atoms in total. The summed E-state index contributed by atoms with van der Waals surface area (Å²) in [6.07, 6.45) is -3.41. The number of hydrogen-bond acceptors (Lipinski definition) is 5. The Morgan fingerprint density at radius 1 is 1.47 bits per heavy atom. The summed E-state index contributed by atoms with van der Waals surface area (Å²) < 4.78 is 46.4. The minimum absolute atomic E-state index is 0.269. The number of nitrogens with one attached hydrogen (secondary N) is 1. The fraction of sp³-hybridized carbons (Fsp3) is 0.167. The number of H-pyrrole nitrogens is 1. The molecule has 1 rings (SSSR count). The second kappa shape index (κ2) is 4.37. The van der Waals surface area contributed by atoms with Crippen molar-refractivity contribution in [2.75, 3.05) is 0 Å². The number of halogens is 3. The van der Waals surface area contributed by atoms with E-state index in [9.17, 15) is 32.1 Å². The van der Waals surface area contributed by atoms with Crippen LogP contribution in [0.25, 0.3) is 0 Å². The maximum atomic E-state index is 12.4. The first-order valence-electron chi connectivity index (χ1n) is 3.79. The zero-order valence-corrected chi connectivity index (χ0v) is 9.26. The first kappa shape index (κ1) is 13.5. The van der Waals surface area contributed by atoms with Crippen LogP contribution in [0.2, 0.25) is 0 Å². The van der Waals surface area contributed by atoms with Crippen molar-refractivity contribution in [1.82, 2.24) is 4.98 Å². The minimum Gasteiger partial charge on any atom is -0.311 e. The van der Waals surface area contributed by atoms with E-state index in [2.05, 4.69) is 0 Å². The highest BCUT2D eigenvalue weighted by Gasteiger charge is 2.29. The van der Waals surface area contributed by atoms with Gasteiger partial charge in [0.2, 0.25) is 0 Å². The number of pyridine rings is 1. The van der Waals surface area contributed by atoms with Crippen molar-refractivity contribution in [2.24, 2.45) is 0 Å². The fourth-order valence-electron chi connectivity index (χ4n) is 1.03. The molecule has 0 aliphatic heterocycles. The van der Waals surface area contributed by atoms with Gasteiger partial charge in [0, 0.05) is 10.7 Å². The molecule has 0 spiro atoms. The zero-order chi connectivity index (χ0) is 13.4. The second-order valence-electron chi connectivity index (χ2n) is 2.76. The van der Waals surface area contributed by atoms with Gasteiger partial charge in [0.25, 0.3) is 26.7 Å². The van der Waals surface area contributed by atoms with Crippen LogP contribution < -0.4 is 5.56 Å². The van der Waals surface area contributed by atoms with E-state index in [1.165, 1.54) is 4.98 Å². The molecule has 0 fully saturated rings. The first-order chi connectivity index (χ1) is 7.64. The van der Waals surface area contributed by atoms with Gasteiger partial charge in [-0.1, -0.05) is 0 Å². The third kappa shape index (κ3) is 2.77. The molecule has 0 aromatic carbocycles. The molecule has 0 unspecified atom stereocenters. The minimum atomic E-state index is -4.46. The van der Waals surface area contributed by atoms with E-state index in [-0.39, 0.29) is 6.07 Å². The molecule has 0 atom stereocenters. The highest BCUT2D eigenvalue weighted by molar-refractivity contribution is 8.13. The highest BCUT2D eigenvalue weighted by Crippen LogP contribution is 2.27. The Bertz CT molecular complexity index is 626. The summed E-state index contributed by atoms with van der Waals surface area (Å²) in [4.78, 5) is 21.8. The molecule has 1 aromatic heterocycles. The summed E-state index contributed by atoms with van der Waals surface area (Å²) in [6.45, 7) is 0. The van der Waals surface area contributed by atoms with Crippen LogP contribution in [-0.2, 0) is 9.05 Å². The van der Waals surface area contributed by atoms with Gasteiger partial charge < -0.3 is 4.98 Å². The molecule has 0 saturated carbocycles. The average molecular weight is 289 g/mol. The Labute approximate surface area is 96.6 Å². The lowest BCUT2D eigenvalue weighted by molar-refractivity contribution is -0.386. The zero-order valence-electron chi connectivity index (χ0n) is 7.69. The third-order valence-electron chi connectivity index (χ3n) is 1.70. The van der Waals surface area contributed by atoms with E-state index < -0.39 is 42.2 Å². The van der Waals surface area contributed by atoms with Gasteiger partial charge in [-0.05, 0) is 0 Å². The van der Waals surface area contributed by atoms with Crippen LogP contribution in [0.1, 0.15) is 12.0 Å². The van der Waals surface area contributed by atoms with Gasteiger partial charge in [-0.2, -0.15) is 0 Å². The fourth-order valence-corrected chi connectivity index (χ4v) is 1.74. The number of aromatic nitrogens is 1. The number of nitro groups is 1. The van der Waals surface area contributed by atoms with Gasteiger partial charge in [-0.25, -0.2) is 17.2 Å². The van der Waals surface area contributed by atoms with E-state index >= 15 is 0 Å². The summed E-state index contributed by atoms with van der Waals surface area (Å²) in [5.74, 6) is 0. The van der Waals surface area contributed by atoms with Crippen molar-refractivity contribution < 1.29 is 22.1 Å². The lowest BCUT2D eigenvalue weighted by atomic mass is 10.2. The van der Waals surface area contributed by atoms with Crippen LogP contribution in [0.3, 0.4) is 0 Å². The molecule has 0 aliphatic rings. The standard InChI is InChI=1S/C6H3ClF2N2O5S/c7-17(15,16)3-1-2(11(13)14)4(5(8)9)6(12)10-3/h1,5H,(H,10,12). The number of aromatic amines is 1. The maximum absolute atomic E-state index is 12.4. The second-order valence-corrected chi connectivity index (χ2v) is 5.29. The summed E-state index contributed by atoms with van der Waals surface area (Å²) in [5, 5.41) is 9.43. The van der Waals surface area contributed by atoms with E-state index in [0.717, 1.165) is 0 Å². The lowest BCUT2D eigenvalue weighted by Gasteiger charge is -2.02. The molecule has 1 heterocycles. The molecule has 0 aliphatic carbocycles. The Morgan fingerprint density at radius 2 is 2.00 bits per heavy atom.